The van der Waals surface area contributed by atoms with Crippen LogP contribution in [-0.2, 0) is 14.9 Å². The number of benzene rings is 1. The monoisotopic (exact) mass is 498 g/mol. The van der Waals surface area contributed by atoms with Gasteiger partial charge in [0.05, 0.1) is 36.2 Å². The van der Waals surface area contributed by atoms with Gasteiger partial charge < -0.3 is 20.5 Å². The molecule has 2 aliphatic carbocycles. The molecule has 2 heterocycles. The number of aromatic nitrogens is 3. The summed E-state index contributed by atoms with van der Waals surface area (Å²) < 4.78 is 10.8. The van der Waals surface area contributed by atoms with Crippen LogP contribution in [0.4, 0.5) is 5.82 Å². The summed E-state index contributed by atoms with van der Waals surface area (Å²) in [5.41, 5.74) is 9.73. The number of anilines is 1. The molecule has 0 amide bonds. The number of nitrogens with zero attached hydrogens (tertiary/aromatic N) is 4. The first kappa shape index (κ1) is 24.4. The van der Waals surface area contributed by atoms with Gasteiger partial charge in [-0.1, -0.05) is 30.3 Å². The van der Waals surface area contributed by atoms with Crippen molar-refractivity contribution in [2.75, 3.05) is 19.5 Å². The van der Waals surface area contributed by atoms with Crippen molar-refractivity contribution < 1.29 is 14.3 Å². The molecule has 2 fully saturated rings. The maximum absolute atomic E-state index is 12.2. The van der Waals surface area contributed by atoms with Crippen molar-refractivity contribution in [3.8, 4) is 17.0 Å². The van der Waals surface area contributed by atoms with Gasteiger partial charge in [0.15, 0.2) is 5.82 Å². The van der Waals surface area contributed by atoms with E-state index in [0.29, 0.717) is 28.8 Å². The Bertz CT molecular complexity index is 1330. The molecule has 9 nitrogen and oxygen atoms in total. The van der Waals surface area contributed by atoms with Crippen LogP contribution in [0.1, 0.15) is 43.4 Å². The van der Waals surface area contributed by atoms with Crippen LogP contribution >= 0.6 is 0 Å². The molecular weight excluding hydrogens is 468 g/mol. The second kappa shape index (κ2) is 10.4. The van der Waals surface area contributed by atoms with Crippen molar-refractivity contribution in [2.24, 2.45) is 10.7 Å². The molecule has 0 atom stereocenters. The predicted octanol–water partition coefficient (Wildman–Crippen LogP) is 4.11. The largest absolute Gasteiger partial charge is 0.473 e. The minimum Gasteiger partial charge on any atom is -0.473 e. The number of carbonyl (C=O) groups excluding carboxylic acids is 1. The van der Waals surface area contributed by atoms with E-state index in [4.69, 9.17) is 15.2 Å². The Morgan fingerprint density at radius 2 is 1.86 bits per heavy atom. The highest BCUT2D eigenvalue weighted by molar-refractivity contribution is 6.27. The molecule has 3 aromatic rings. The second-order valence-corrected chi connectivity index (χ2v) is 9.27. The van der Waals surface area contributed by atoms with Crippen molar-refractivity contribution in [3.05, 3.63) is 72.4 Å². The van der Waals surface area contributed by atoms with Crippen molar-refractivity contribution in [1.29, 1.82) is 0 Å². The van der Waals surface area contributed by atoms with Gasteiger partial charge >= 0.3 is 5.97 Å². The molecule has 1 aromatic carbocycles. The zero-order valence-corrected chi connectivity index (χ0v) is 21.0. The summed E-state index contributed by atoms with van der Waals surface area (Å²) in [5, 5.41) is 3.18. The summed E-state index contributed by atoms with van der Waals surface area (Å²) in [7, 11) is 3.11. The van der Waals surface area contributed by atoms with Gasteiger partial charge in [0.2, 0.25) is 5.88 Å². The Hall–Kier alpha value is -4.27. The summed E-state index contributed by atoms with van der Waals surface area (Å²) in [4.78, 5) is 29.9. The van der Waals surface area contributed by atoms with Gasteiger partial charge in [-0.2, -0.15) is 4.98 Å². The number of hydrogen-bond donors (Lipinski definition) is 2. The Balaban J connectivity index is 1.29. The standard InChI is InChI=1S/C28H30N6O3/c1-30-26(34-24-16-31-17-25(33-24)37-21-4-3-5-21)22(14-29)23-11-8-19(15-32-23)18-6-9-20(10-7-18)28(12-13-28)27(35)36-2/h6-11,14-17,21H,3-5,12-13,29H2,1-2H3,(H,30,33,34). The van der Waals surface area contributed by atoms with Crippen molar-refractivity contribution in [2.45, 2.75) is 43.6 Å². The summed E-state index contributed by atoms with van der Waals surface area (Å²) >= 11 is 0. The number of nitrogens with two attached hydrogens (primary N) is 1. The van der Waals surface area contributed by atoms with Crippen LogP contribution in [0.3, 0.4) is 0 Å². The van der Waals surface area contributed by atoms with E-state index >= 15 is 0 Å². The molecule has 5 rings (SSSR count). The molecule has 2 saturated carbocycles. The maximum atomic E-state index is 12.2. The number of aliphatic imine (C=N–C) groups is 1. The van der Waals surface area contributed by atoms with E-state index in [1.54, 1.807) is 25.6 Å². The SMILES string of the molecule is CN=C(Nc1cncc(OC2CCC2)n1)C(=CN)c1ccc(-c2ccc(C3(C(=O)OC)CC3)cc2)cn1. The quantitative estimate of drug-likeness (QED) is 0.270. The van der Waals surface area contributed by atoms with Crippen LogP contribution in [0, 0.1) is 0 Å². The summed E-state index contributed by atoms with van der Waals surface area (Å²) in [6.45, 7) is 0. The molecule has 2 aromatic heterocycles. The van der Waals surface area contributed by atoms with Crippen molar-refractivity contribution in [3.63, 3.8) is 0 Å². The smallest absolute Gasteiger partial charge is 0.316 e. The van der Waals surface area contributed by atoms with E-state index in [9.17, 15) is 4.79 Å². The lowest BCUT2D eigenvalue weighted by Gasteiger charge is -2.25. The predicted molar refractivity (Wildman–Crippen MR) is 142 cm³/mol. The van der Waals surface area contributed by atoms with E-state index in [2.05, 4.69) is 25.3 Å². The Morgan fingerprint density at radius 1 is 1.11 bits per heavy atom. The van der Waals surface area contributed by atoms with Gasteiger partial charge in [0, 0.05) is 25.0 Å². The number of amidine groups is 1. The zero-order valence-electron chi connectivity index (χ0n) is 21.0. The average Bonchev–Trinajstić information content (AvgIpc) is 3.73. The van der Waals surface area contributed by atoms with Gasteiger partial charge in [0.1, 0.15) is 11.9 Å². The fourth-order valence-corrected chi connectivity index (χ4v) is 4.41. The lowest BCUT2D eigenvalue weighted by Crippen LogP contribution is -2.25. The number of ether oxygens (including phenoxy) is 2. The van der Waals surface area contributed by atoms with Crippen LogP contribution in [-0.4, -0.2) is 47.0 Å². The van der Waals surface area contributed by atoms with Gasteiger partial charge in [-0.15, -0.1) is 0 Å². The van der Waals surface area contributed by atoms with Gasteiger partial charge in [-0.05, 0) is 49.3 Å². The first-order chi connectivity index (χ1) is 18.1. The first-order valence-electron chi connectivity index (χ1n) is 12.4. The normalized spacial score (nSPS) is 17.0. The van der Waals surface area contributed by atoms with E-state index in [1.807, 2.05) is 36.4 Å². The molecular formula is C28H30N6O3. The zero-order chi connectivity index (χ0) is 25.8. The highest BCUT2D eigenvalue weighted by atomic mass is 16.5. The van der Waals surface area contributed by atoms with Crippen molar-refractivity contribution in [1.82, 2.24) is 15.0 Å². The minimum atomic E-state index is -0.480. The number of carbonyl (C=O) groups is 1. The first-order valence-corrected chi connectivity index (χ1v) is 12.4. The third-order valence-corrected chi connectivity index (χ3v) is 6.98. The molecule has 2 aliphatic rings. The number of hydrogen-bond acceptors (Lipinski definition) is 8. The molecule has 3 N–H and O–H groups in total. The summed E-state index contributed by atoms with van der Waals surface area (Å²) in [6.07, 6.45) is 11.6. The third kappa shape index (κ3) is 5.02. The lowest BCUT2D eigenvalue weighted by molar-refractivity contribution is -0.143. The highest BCUT2D eigenvalue weighted by Gasteiger charge is 2.52. The average molecular weight is 499 g/mol. The number of pyridine rings is 1. The minimum absolute atomic E-state index is 0.169. The molecule has 37 heavy (non-hydrogen) atoms. The van der Waals surface area contributed by atoms with Gasteiger partial charge in [-0.3, -0.25) is 19.8 Å². The number of rotatable bonds is 8. The van der Waals surface area contributed by atoms with E-state index < -0.39 is 5.41 Å². The number of nitrogens with one attached hydrogen (secondary N) is 1. The van der Waals surface area contributed by atoms with E-state index in [1.165, 1.54) is 19.7 Å². The van der Waals surface area contributed by atoms with Gasteiger partial charge in [-0.25, -0.2) is 0 Å². The maximum Gasteiger partial charge on any atom is 0.316 e. The Morgan fingerprint density at radius 3 is 2.43 bits per heavy atom. The van der Waals surface area contributed by atoms with Gasteiger partial charge in [0.25, 0.3) is 0 Å². The van der Waals surface area contributed by atoms with Crippen LogP contribution in [0.5, 0.6) is 5.88 Å². The summed E-state index contributed by atoms with van der Waals surface area (Å²) in [5.74, 6) is 1.34. The topological polar surface area (TPSA) is 125 Å². The van der Waals surface area contributed by atoms with E-state index in [0.717, 1.165) is 42.4 Å². The van der Waals surface area contributed by atoms with Crippen LogP contribution in [0.2, 0.25) is 0 Å². The van der Waals surface area contributed by atoms with Crippen molar-refractivity contribution >= 4 is 23.2 Å². The fourth-order valence-electron chi connectivity index (χ4n) is 4.41. The lowest BCUT2D eigenvalue weighted by atomic mass is 9.94. The highest BCUT2D eigenvalue weighted by Crippen LogP contribution is 2.49. The van der Waals surface area contributed by atoms with Crippen LogP contribution < -0.4 is 15.8 Å². The molecule has 190 valence electrons. The molecule has 0 saturated heterocycles. The molecule has 9 heteroatoms. The fraction of sp³-hybridized carbons (Fsp3) is 0.321. The number of esters is 1. The molecule has 0 aliphatic heterocycles. The van der Waals surface area contributed by atoms with E-state index in [-0.39, 0.29) is 12.1 Å². The molecule has 0 unspecified atom stereocenters. The Kier molecular flexibility index (Phi) is 6.85. The van der Waals surface area contributed by atoms with Crippen LogP contribution in [0.15, 0.2) is 66.2 Å². The van der Waals surface area contributed by atoms with Crippen LogP contribution in [0.25, 0.3) is 16.7 Å². The molecule has 0 spiro atoms. The molecule has 0 bridgehead atoms. The summed E-state index contributed by atoms with van der Waals surface area (Å²) in [6, 6.07) is 11.9. The Labute approximate surface area is 215 Å². The molecule has 0 radical (unpaired) electrons. The second-order valence-electron chi connectivity index (χ2n) is 9.27. The number of methoxy groups -OCH3 is 1. The third-order valence-electron chi connectivity index (χ3n) is 6.98.